The molecule has 0 bridgehead atoms. The van der Waals surface area contributed by atoms with Crippen LogP contribution in [0.2, 0.25) is 0 Å². The van der Waals surface area contributed by atoms with Crippen molar-refractivity contribution in [2.24, 2.45) is 0 Å². The Balaban J connectivity index is 2.26. The van der Waals surface area contributed by atoms with Crippen LogP contribution in [0.5, 0.6) is 0 Å². The summed E-state index contributed by atoms with van der Waals surface area (Å²) >= 11 is 0. The van der Waals surface area contributed by atoms with Crippen molar-refractivity contribution < 1.29 is 28.5 Å². The SMILES string of the molecule is O=C(NOCc1ccccc1)OP(=O)(O)O. The molecule has 0 saturated carbocycles. The standard InChI is InChI=1S/C8H10NO6P/c10-8(15-16(11,12)13)9-14-6-7-4-2-1-3-5-7/h1-5H,6H2,(H,9,10)(H2,11,12,13). The van der Waals surface area contributed by atoms with E-state index in [1.54, 1.807) is 29.7 Å². The van der Waals surface area contributed by atoms with Crippen LogP contribution in [-0.2, 0) is 20.5 Å². The molecule has 0 spiro atoms. The molecule has 1 amide bonds. The number of phosphoric ester groups is 1. The van der Waals surface area contributed by atoms with Crippen LogP contribution in [0.15, 0.2) is 30.3 Å². The van der Waals surface area contributed by atoms with Crippen molar-refractivity contribution in [1.82, 2.24) is 5.48 Å². The van der Waals surface area contributed by atoms with Gasteiger partial charge in [-0.2, -0.15) is 5.48 Å². The van der Waals surface area contributed by atoms with Crippen molar-refractivity contribution in [1.29, 1.82) is 0 Å². The Morgan fingerprint density at radius 1 is 1.31 bits per heavy atom. The molecule has 3 N–H and O–H groups in total. The van der Waals surface area contributed by atoms with Gasteiger partial charge in [-0.3, -0.25) is 14.6 Å². The van der Waals surface area contributed by atoms with E-state index < -0.39 is 13.9 Å². The summed E-state index contributed by atoms with van der Waals surface area (Å²) in [5.41, 5.74) is 2.53. The van der Waals surface area contributed by atoms with Gasteiger partial charge in [0, 0.05) is 0 Å². The van der Waals surface area contributed by atoms with Gasteiger partial charge in [-0.05, 0) is 5.56 Å². The van der Waals surface area contributed by atoms with Crippen LogP contribution in [-0.4, -0.2) is 15.9 Å². The minimum absolute atomic E-state index is 0.0666. The van der Waals surface area contributed by atoms with E-state index >= 15 is 0 Å². The third-order valence-electron chi connectivity index (χ3n) is 1.44. The van der Waals surface area contributed by atoms with Crippen molar-refractivity contribution >= 4 is 13.9 Å². The molecule has 16 heavy (non-hydrogen) atoms. The number of hydroxylamine groups is 1. The summed E-state index contributed by atoms with van der Waals surface area (Å²) in [7, 11) is -4.83. The fourth-order valence-corrected chi connectivity index (χ4v) is 1.13. The topological polar surface area (TPSA) is 105 Å². The first-order valence-electron chi connectivity index (χ1n) is 4.18. The molecule has 0 unspecified atom stereocenters. The van der Waals surface area contributed by atoms with Gasteiger partial charge in [0.25, 0.3) is 0 Å². The second kappa shape index (κ2) is 5.62. The van der Waals surface area contributed by atoms with Gasteiger partial charge in [-0.15, -0.1) is 0 Å². The molecule has 0 fully saturated rings. The molecule has 88 valence electrons. The van der Waals surface area contributed by atoms with Gasteiger partial charge < -0.3 is 4.52 Å². The number of nitrogens with one attached hydrogen (secondary N) is 1. The van der Waals surface area contributed by atoms with Crippen LogP contribution >= 0.6 is 7.82 Å². The predicted molar refractivity (Wildman–Crippen MR) is 52.9 cm³/mol. The van der Waals surface area contributed by atoms with E-state index in [1.807, 2.05) is 6.07 Å². The van der Waals surface area contributed by atoms with Gasteiger partial charge in [0.2, 0.25) is 0 Å². The van der Waals surface area contributed by atoms with Crippen molar-refractivity contribution in [3.63, 3.8) is 0 Å². The molecular formula is C8H10NO6P. The van der Waals surface area contributed by atoms with Crippen LogP contribution in [0, 0.1) is 0 Å². The molecule has 0 saturated heterocycles. The van der Waals surface area contributed by atoms with E-state index in [0.717, 1.165) is 5.56 Å². The van der Waals surface area contributed by atoms with Crippen LogP contribution in [0.1, 0.15) is 5.56 Å². The molecule has 0 atom stereocenters. The maximum atomic E-state index is 10.7. The lowest BCUT2D eigenvalue weighted by Gasteiger charge is -2.07. The smallest absolute Gasteiger partial charge is 0.352 e. The number of amides is 1. The number of phosphoric acid groups is 1. The van der Waals surface area contributed by atoms with Crippen molar-refractivity contribution in [3.05, 3.63) is 35.9 Å². The summed E-state index contributed by atoms with van der Waals surface area (Å²) in [6.45, 7) is 0.0666. The molecule has 0 heterocycles. The van der Waals surface area contributed by atoms with E-state index in [0.29, 0.717) is 0 Å². The summed E-state index contributed by atoms with van der Waals surface area (Å²) in [5.74, 6) is 0. The Morgan fingerprint density at radius 2 is 1.94 bits per heavy atom. The fourth-order valence-electron chi connectivity index (χ4n) is 0.879. The van der Waals surface area contributed by atoms with Crippen LogP contribution in [0.25, 0.3) is 0 Å². The van der Waals surface area contributed by atoms with E-state index in [4.69, 9.17) is 9.79 Å². The summed E-state index contributed by atoms with van der Waals surface area (Å²) in [5, 5.41) is 0. The maximum Gasteiger partial charge on any atom is 0.528 e. The average molecular weight is 247 g/mol. The molecular weight excluding hydrogens is 237 g/mol. The molecule has 0 radical (unpaired) electrons. The molecule has 0 aromatic heterocycles. The normalized spacial score (nSPS) is 10.9. The summed E-state index contributed by atoms with van der Waals surface area (Å²) in [4.78, 5) is 31.9. The molecule has 1 rings (SSSR count). The molecule has 0 aliphatic rings. The van der Waals surface area contributed by atoms with Gasteiger partial charge in [0.15, 0.2) is 0 Å². The lowest BCUT2D eigenvalue weighted by Crippen LogP contribution is -2.23. The van der Waals surface area contributed by atoms with Crippen LogP contribution < -0.4 is 5.48 Å². The lowest BCUT2D eigenvalue weighted by atomic mass is 10.2. The Bertz CT molecular complexity index is 389. The minimum Gasteiger partial charge on any atom is -0.352 e. The highest BCUT2D eigenvalue weighted by molar-refractivity contribution is 7.46. The summed E-state index contributed by atoms with van der Waals surface area (Å²) in [6.07, 6.45) is -1.34. The first-order chi connectivity index (χ1) is 7.47. The number of hydrogen-bond donors (Lipinski definition) is 3. The average Bonchev–Trinajstić information content (AvgIpc) is 2.16. The fraction of sp³-hybridized carbons (Fsp3) is 0.125. The highest BCUT2D eigenvalue weighted by atomic mass is 31.2. The Labute approximate surface area is 91.2 Å². The van der Waals surface area contributed by atoms with Crippen LogP contribution in [0.3, 0.4) is 0 Å². The largest absolute Gasteiger partial charge is 0.528 e. The zero-order chi connectivity index (χ0) is 12.0. The number of carbonyl (C=O) groups is 1. The molecule has 1 aromatic rings. The molecule has 8 heteroatoms. The second-order valence-electron chi connectivity index (χ2n) is 2.75. The van der Waals surface area contributed by atoms with E-state index in [-0.39, 0.29) is 6.61 Å². The third kappa shape index (κ3) is 5.47. The second-order valence-corrected chi connectivity index (χ2v) is 3.91. The van der Waals surface area contributed by atoms with Gasteiger partial charge in [-0.25, -0.2) is 9.36 Å². The van der Waals surface area contributed by atoms with Crippen molar-refractivity contribution in [2.45, 2.75) is 6.61 Å². The highest BCUT2D eigenvalue weighted by Gasteiger charge is 2.20. The Morgan fingerprint density at radius 3 is 2.50 bits per heavy atom. The van der Waals surface area contributed by atoms with Crippen LogP contribution in [0.4, 0.5) is 4.79 Å². The first kappa shape index (κ1) is 12.7. The summed E-state index contributed by atoms with van der Waals surface area (Å²) in [6, 6.07) is 8.91. The van der Waals surface area contributed by atoms with Gasteiger partial charge in [0.05, 0.1) is 6.61 Å². The Kier molecular flexibility index (Phi) is 4.45. The lowest BCUT2D eigenvalue weighted by molar-refractivity contribution is 0.0308. The van der Waals surface area contributed by atoms with E-state index in [2.05, 4.69) is 9.36 Å². The highest BCUT2D eigenvalue weighted by Crippen LogP contribution is 2.35. The summed E-state index contributed by atoms with van der Waals surface area (Å²) < 4.78 is 13.9. The van der Waals surface area contributed by atoms with Gasteiger partial charge >= 0.3 is 13.9 Å². The maximum absolute atomic E-state index is 10.7. The minimum atomic E-state index is -4.83. The number of rotatable bonds is 4. The number of hydrogen-bond acceptors (Lipinski definition) is 4. The monoisotopic (exact) mass is 247 g/mol. The van der Waals surface area contributed by atoms with E-state index in [1.165, 1.54) is 0 Å². The number of carbonyl (C=O) groups excluding carboxylic acids is 1. The van der Waals surface area contributed by atoms with Crippen molar-refractivity contribution in [3.8, 4) is 0 Å². The predicted octanol–water partition coefficient (Wildman–Crippen LogP) is 0.937. The van der Waals surface area contributed by atoms with Gasteiger partial charge in [-0.1, -0.05) is 30.3 Å². The molecule has 0 aliphatic carbocycles. The first-order valence-corrected chi connectivity index (χ1v) is 5.71. The number of benzene rings is 1. The zero-order valence-electron chi connectivity index (χ0n) is 8.07. The molecule has 0 aliphatic heterocycles. The van der Waals surface area contributed by atoms with Crippen molar-refractivity contribution in [2.75, 3.05) is 0 Å². The van der Waals surface area contributed by atoms with Gasteiger partial charge in [0.1, 0.15) is 0 Å². The molecule has 7 nitrogen and oxygen atoms in total. The third-order valence-corrected chi connectivity index (χ3v) is 1.84. The molecule has 1 aromatic carbocycles. The quantitative estimate of drug-likeness (QED) is 0.540. The van der Waals surface area contributed by atoms with E-state index in [9.17, 15) is 9.36 Å². The Hall–Kier alpha value is -1.40. The zero-order valence-corrected chi connectivity index (χ0v) is 8.96.